The van der Waals surface area contributed by atoms with Crippen molar-refractivity contribution in [2.24, 2.45) is 11.8 Å². The maximum atomic E-state index is 3.66. The van der Waals surface area contributed by atoms with Gasteiger partial charge in [-0.25, -0.2) is 0 Å². The van der Waals surface area contributed by atoms with E-state index in [4.69, 9.17) is 0 Å². The molecule has 0 aromatic rings. The Hall–Kier alpha value is -0.0400. The fraction of sp³-hybridized carbons (Fsp3) is 1.00. The van der Waals surface area contributed by atoms with Crippen molar-refractivity contribution in [2.45, 2.75) is 97.3 Å². The van der Waals surface area contributed by atoms with Gasteiger partial charge in [0.1, 0.15) is 0 Å². The second-order valence-electron chi connectivity index (χ2n) is 7.15. The molecular weight excluding hydrogens is 242 g/mol. The molecule has 0 aliphatic heterocycles. The van der Waals surface area contributed by atoms with Crippen molar-refractivity contribution in [3.05, 3.63) is 0 Å². The summed E-state index contributed by atoms with van der Waals surface area (Å²) in [6.45, 7) is 7.23. The largest absolute Gasteiger partial charge is 0.317 e. The van der Waals surface area contributed by atoms with Gasteiger partial charge in [0.15, 0.2) is 0 Å². The van der Waals surface area contributed by atoms with E-state index >= 15 is 0 Å². The van der Waals surface area contributed by atoms with Crippen LogP contribution in [0.1, 0.15) is 97.3 Å². The Kier molecular flexibility index (Phi) is 11.4. The highest BCUT2D eigenvalue weighted by Gasteiger charge is 2.17. The molecule has 1 fully saturated rings. The topological polar surface area (TPSA) is 12.0 Å². The maximum Gasteiger partial charge on any atom is -0.00463 e. The van der Waals surface area contributed by atoms with Crippen molar-refractivity contribution in [1.82, 2.24) is 5.32 Å². The van der Waals surface area contributed by atoms with E-state index in [1.54, 1.807) is 0 Å². The van der Waals surface area contributed by atoms with E-state index in [-0.39, 0.29) is 0 Å². The van der Waals surface area contributed by atoms with E-state index in [0.717, 1.165) is 11.8 Å². The summed E-state index contributed by atoms with van der Waals surface area (Å²) >= 11 is 0. The third-order valence-corrected chi connectivity index (χ3v) is 4.98. The first-order chi connectivity index (χ1) is 9.83. The Labute approximate surface area is 128 Å². The van der Waals surface area contributed by atoms with Gasteiger partial charge in [0.25, 0.3) is 0 Å². The maximum absolute atomic E-state index is 3.66. The van der Waals surface area contributed by atoms with Gasteiger partial charge < -0.3 is 5.32 Å². The third-order valence-electron chi connectivity index (χ3n) is 4.98. The van der Waals surface area contributed by atoms with Crippen LogP contribution in [0, 0.1) is 11.8 Å². The van der Waals surface area contributed by atoms with Crippen LogP contribution in [0.5, 0.6) is 0 Å². The monoisotopic (exact) mass is 281 g/mol. The zero-order chi connectivity index (χ0) is 14.5. The summed E-state index contributed by atoms with van der Waals surface area (Å²) in [7, 11) is 0. The average Bonchev–Trinajstić information content (AvgIpc) is 2.45. The fourth-order valence-electron chi connectivity index (χ4n) is 3.64. The van der Waals surface area contributed by atoms with E-state index in [2.05, 4.69) is 19.2 Å². The van der Waals surface area contributed by atoms with Gasteiger partial charge in [0.05, 0.1) is 0 Å². The highest BCUT2D eigenvalue weighted by atomic mass is 14.8. The first kappa shape index (κ1) is 18.0. The smallest absolute Gasteiger partial charge is 0.00463 e. The minimum absolute atomic E-state index is 0.987. The molecule has 0 amide bonds. The lowest BCUT2D eigenvalue weighted by molar-refractivity contribution is 0.267. The molecule has 0 radical (unpaired) electrons. The Morgan fingerprint density at radius 2 is 1.55 bits per heavy atom. The summed E-state index contributed by atoms with van der Waals surface area (Å²) in [5, 5.41) is 3.66. The third kappa shape index (κ3) is 9.80. The van der Waals surface area contributed by atoms with Crippen LogP contribution >= 0.6 is 0 Å². The lowest BCUT2D eigenvalue weighted by Gasteiger charge is -2.26. The molecule has 0 aromatic carbocycles. The number of nitrogens with one attached hydrogen (secondary N) is 1. The molecule has 1 nitrogen and oxygen atoms in total. The summed E-state index contributed by atoms with van der Waals surface area (Å²) in [6.07, 6.45) is 18.8. The molecule has 1 N–H and O–H groups in total. The van der Waals surface area contributed by atoms with Crippen LogP contribution in [0.2, 0.25) is 0 Å². The summed E-state index contributed by atoms with van der Waals surface area (Å²) in [6, 6.07) is 0. The van der Waals surface area contributed by atoms with Crippen molar-refractivity contribution in [1.29, 1.82) is 0 Å². The van der Waals surface area contributed by atoms with Crippen LogP contribution in [-0.4, -0.2) is 13.1 Å². The van der Waals surface area contributed by atoms with Gasteiger partial charge in [0, 0.05) is 0 Å². The molecule has 1 aliphatic rings. The number of hydrogen-bond acceptors (Lipinski definition) is 1. The second kappa shape index (κ2) is 12.7. The van der Waals surface area contributed by atoms with Gasteiger partial charge in [-0.2, -0.15) is 0 Å². The van der Waals surface area contributed by atoms with Crippen LogP contribution in [-0.2, 0) is 0 Å². The van der Waals surface area contributed by atoms with Crippen LogP contribution in [0.3, 0.4) is 0 Å². The van der Waals surface area contributed by atoms with Crippen LogP contribution in [0.15, 0.2) is 0 Å². The average molecular weight is 282 g/mol. The Morgan fingerprint density at radius 3 is 2.25 bits per heavy atom. The van der Waals surface area contributed by atoms with E-state index < -0.39 is 0 Å². The molecule has 20 heavy (non-hydrogen) atoms. The van der Waals surface area contributed by atoms with E-state index in [1.165, 1.54) is 96.6 Å². The van der Waals surface area contributed by atoms with E-state index in [1.807, 2.05) is 0 Å². The minimum Gasteiger partial charge on any atom is -0.317 e. The molecule has 0 bridgehead atoms. The molecule has 1 rings (SSSR count). The summed E-state index contributed by atoms with van der Waals surface area (Å²) in [5.41, 5.74) is 0. The highest BCUT2D eigenvalue weighted by molar-refractivity contribution is 4.71. The minimum atomic E-state index is 0.987. The molecular formula is C19H39N. The second-order valence-corrected chi connectivity index (χ2v) is 7.15. The number of rotatable bonds is 12. The van der Waals surface area contributed by atoms with Crippen LogP contribution < -0.4 is 5.32 Å². The van der Waals surface area contributed by atoms with Gasteiger partial charge in [-0.1, -0.05) is 78.1 Å². The van der Waals surface area contributed by atoms with Crippen molar-refractivity contribution in [3.8, 4) is 0 Å². The van der Waals surface area contributed by atoms with Gasteiger partial charge in [-0.05, 0) is 44.2 Å². The van der Waals surface area contributed by atoms with Gasteiger partial charge >= 0.3 is 0 Å². The lowest BCUT2D eigenvalue weighted by atomic mass is 9.81. The van der Waals surface area contributed by atoms with Crippen LogP contribution in [0.4, 0.5) is 0 Å². The Balaban J connectivity index is 1.76. The van der Waals surface area contributed by atoms with Crippen molar-refractivity contribution < 1.29 is 0 Å². The first-order valence-corrected chi connectivity index (χ1v) is 9.53. The lowest BCUT2D eigenvalue weighted by Crippen LogP contribution is -2.22. The molecule has 1 heteroatoms. The molecule has 0 heterocycles. The molecule has 1 saturated carbocycles. The van der Waals surface area contributed by atoms with E-state index in [0.29, 0.717) is 0 Å². The Morgan fingerprint density at radius 1 is 0.850 bits per heavy atom. The molecule has 0 aromatic heterocycles. The Bertz CT molecular complexity index is 202. The van der Waals surface area contributed by atoms with Crippen molar-refractivity contribution in [2.75, 3.05) is 13.1 Å². The summed E-state index contributed by atoms with van der Waals surface area (Å²) in [5.74, 6) is 2.01. The highest BCUT2D eigenvalue weighted by Crippen LogP contribution is 2.30. The predicted molar refractivity (Wildman–Crippen MR) is 91.2 cm³/mol. The van der Waals surface area contributed by atoms with Gasteiger partial charge in [-0.3, -0.25) is 0 Å². The zero-order valence-electron chi connectivity index (χ0n) is 14.3. The number of hydrogen-bond donors (Lipinski definition) is 1. The van der Waals surface area contributed by atoms with Crippen LogP contribution in [0.25, 0.3) is 0 Å². The molecule has 2 atom stereocenters. The van der Waals surface area contributed by atoms with Gasteiger partial charge in [0.2, 0.25) is 0 Å². The first-order valence-electron chi connectivity index (χ1n) is 9.53. The summed E-state index contributed by atoms with van der Waals surface area (Å²) < 4.78 is 0. The standard InChI is InChI=1S/C19H39N/c1-3-4-5-6-7-8-9-10-15-20-16-14-19-13-11-12-18(2)17-19/h18-20H,3-17H2,1-2H3. The summed E-state index contributed by atoms with van der Waals surface area (Å²) in [4.78, 5) is 0. The molecule has 1 aliphatic carbocycles. The molecule has 2 unspecified atom stereocenters. The molecule has 120 valence electrons. The SMILES string of the molecule is CCCCCCCCCCNCCC1CCCC(C)C1. The quantitative estimate of drug-likeness (QED) is 0.437. The molecule has 0 saturated heterocycles. The van der Waals surface area contributed by atoms with Crippen molar-refractivity contribution in [3.63, 3.8) is 0 Å². The fourth-order valence-corrected chi connectivity index (χ4v) is 3.64. The van der Waals surface area contributed by atoms with Gasteiger partial charge in [-0.15, -0.1) is 0 Å². The predicted octanol–water partition coefficient (Wildman–Crippen LogP) is 5.93. The number of unbranched alkanes of at least 4 members (excludes halogenated alkanes) is 7. The van der Waals surface area contributed by atoms with Crippen molar-refractivity contribution >= 4 is 0 Å². The normalized spacial score (nSPS) is 23.1. The molecule has 0 spiro atoms. The van der Waals surface area contributed by atoms with E-state index in [9.17, 15) is 0 Å². The zero-order valence-corrected chi connectivity index (χ0v) is 14.3.